The van der Waals surface area contributed by atoms with Crippen molar-refractivity contribution in [1.29, 1.82) is 0 Å². The zero-order valence-corrected chi connectivity index (χ0v) is 32.7. The van der Waals surface area contributed by atoms with E-state index in [-0.39, 0.29) is 29.2 Å². The number of rotatable bonds is 12. The maximum atomic E-state index is 13.8. The first-order chi connectivity index (χ1) is 23.7. The van der Waals surface area contributed by atoms with Gasteiger partial charge >= 0.3 is 11.9 Å². The number of hydrogen-bond acceptors (Lipinski definition) is 10. The van der Waals surface area contributed by atoms with Crippen molar-refractivity contribution in [3.05, 3.63) is 89.6 Å². The lowest BCUT2D eigenvalue weighted by Crippen LogP contribution is -3.00. The van der Waals surface area contributed by atoms with Gasteiger partial charge in [-0.2, -0.15) is 0 Å². The van der Waals surface area contributed by atoms with Crippen LogP contribution in [-0.2, 0) is 30.3 Å². The van der Waals surface area contributed by atoms with Gasteiger partial charge in [0, 0.05) is 43.9 Å². The zero-order valence-electron chi connectivity index (χ0n) is 27.9. The van der Waals surface area contributed by atoms with Crippen molar-refractivity contribution >= 4 is 57.3 Å². The van der Waals surface area contributed by atoms with Crippen molar-refractivity contribution in [3.8, 4) is 0 Å². The highest BCUT2D eigenvalue weighted by Gasteiger charge is 2.53. The van der Waals surface area contributed by atoms with E-state index in [1.807, 2.05) is 70.1 Å². The molecule has 10 rings (SSSR count). The summed E-state index contributed by atoms with van der Waals surface area (Å²) in [5, 5.41) is 31.2. The fourth-order valence-electron chi connectivity index (χ4n) is 9.11. The Kier molecular flexibility index (Phi) is 10.5. The van der Waals surface area contributed by atoms with Crippen molar-refractivity contribution in [1.82, 2.24) is 0 Å². The molecule has 10 heterocycles. The lowest BCUT2D eigenvalue weighted by molar-refractivity contribution is -0.963. The summed E-state index contributed by atoms with van der Waals surface area (Å²) < 4.78 is 14.5. The van der Waals surface area contributed by atoms with Crippen LogP contribution in [-0.4, -0.2) is 95.7 Å². The van der Waals surface area contributed by atoms with Gasteiger partial charge in [0.15, 0.2) is 12.2 Å². The summed E-state index contributed by atoms with van der Waals surface area (Å²) in [5.41, 5.74) is -3.56. The number of esters is 2. The predicted molar refractivity (Wildman–Crippen MR) is 193 cm³/mol. The van der Waals surface area contributed by atoms with Crippen molar-refractivity contribution in [2.75, 3.05) is 52.4 Å². The minimum Gasteiger partial charge on any atom is -1.00 e. The van der Waals surface area contributed by atoms with Crippen molar-refractivity contribution in [2.45, 2.75) is 55.5 Å². The lowest BCUT2D eigenvalue weighted by atomic mass is 9.82. The summed E-state index contributed by atoms with van der Waals surface area (Å²) in [6, 6.07) is 14.7. The molecule has 6 aliphatic rings. The zero-order chi connectivity index (χ0) is 33.7. The van der Waals surface area contributed by atoms with Crippen LogP contribution in [0.5, 0.6) is 0 Å². The Bertz CT molecular complexity index is 1520. The molecule has 6 saturated heterocycles. The molecule has 8 nitrogen and oxygen atoms in total. The number of hydrogen-bond donors (Lipinski definition) is 2. The molecular weight excluding hydrogens is 777 g/mol. The standard InChI is InChI=1S/C37H44N2O6S4.BrH/c40-34(36(42,30-6-1-20-46-30)31-7-2-21-47-31)44-28-24-38(16-10-26(28)11-17-38)14-5-15-39-18-12-27(13-19-39)29(25-39)45-35(41)37(43,32-8-3-22-48-32)33-9-4-23-49-33;/h1-4,6-9,20-23,26-29,42-43H,5,10-19,24-25H2;1H/q+2;/p-1/t26?,27?,28-,29-,38?,39?;/m0./s1. The maximum Gasteiger partial charge on any atom is 0.349 e. The lowest BCUT2D eigenvalue weighted by Gasteiger charge is -2.54. The minimum atomic E-state index is -1.78. The monoisotopic (exact) mass is 819 g/mol. The molecule has 0 unspecified atom stereocenters. The molecule has 2 N–H and O–H groups in total. The smallest absolute Gasteiger partial charge is 0.349 e. The van der Waals surface area contributed by atoms with Gasteiger partial charge in [-0.05, 0) is 45.8 Å². The molecule has 0 aromatic carbocycles. The highest BCUT2D eigenvalue weighted by molar-refractivity contribution is 7.12. The molecule has 0 saturated carbocycles. The third-order valence-corrected chi connectivity index (χ3v) is 15.9. The van der Waals surface area contributed by atoms with Crippen LogP contribution < -0.4 is 17.0 Å². The Hall–Kier alpha value is -1.94. The summed E-state index contributed by atoms with van der Waals surface area (Å²) in [4.78, 5) is 30.0. The van der Waals surface area contributed by atoms with Crippen LogP contribution in [0.25, 0.3) is 0 Å². The second-order valence-electron chi connectivity index (χ2n) is 14.6. The Labute approximate surface area is 319 Å². The van der Waals surface area contributed by atoms with Gasteiger partial charge in [0.05, 0.1) is 58.8 Å². The first-order valence-corrected chi connectivity index (χ1v) is 21.0. The van der Waals surface area contributed by atoms with Crippen LogP contribution in [0.4, 0.5) is 0 Å². The topological polar surface area (TPSA) is 93.1 Å². The van der Waals surface area contributed by atoms with Crippen LogP contribution in [0.3, 0.4) is 0 Å². The summed E-state index contributed by atoms with van der Waals surface area (Å²) in [6.45, 7) is 8.07. The molecule has 268 valence electrons. The van der Waals surface area contributed by atoms with E-state index in [1.165, 1.54) is 45.3 Å². The van der Waals surface area contributed by atoms with E-state index in [0.29, 0.717) is 31.3 Å². The molecule has 0 amide bonds. The van der Waals surface area contributed by atoms with Gasteiger partial charge in [0.25, 0.3) is 0 Å². The number of piperidine rings is 6. The number of carbonyl (C=O) groups is 2. The summed E-state index contributed by atoms with van der Waals surface area (Å²) in [7, 11) is 0. The average molecular weight is 821 g/mol. The molecule has 0 spiro atoms. The molecule has 6 aliphatic heterocycles. The van der Waals surface area contributed by atoms with Gasteiger partial charge in [-0.3, -0.25) is 0 Å². The third-order valence-electron chi connectivity index (χ3n) is 12.0. The minimum absolute atomic E-state index is 0. The number of halogens is 1. The van der Waals surface area contributed by atoms with Gasteiger partial charge in [-0.1, -0.05) is 24.3 Å². The van der Waals surface area contributed by atoms with Gasteiger partial charge in [0.2, 0.25) is 11.2 Å². The predicted octanol–water partition coefficient (Wildman–Crippen LogP) is 2.80. The molecule has 4 aromatic heterocycles. The molecule has 0 aliphatic carbocycles. The molecule has 2 atom stereocenters. The van der Waals surface area contributed by atoms with E-state index in [1.54, 1.807) is 0 Å². The van der Waals surface area contributed by atoms with Crippen molar-refractivity contribution in [3.63, 3.8) is 0 Å². The number of thiophene rings is 4. The highest BCUT2D eigenvalue weighted by Crippen LogP contribution is 2.43. The van der Waals surface area contributed by atoms with Crippen LogP contribution >= 0.6 is 45.3 Å². The van der Waals surface area contributed by atoms with Gasteiger partial charge in [0.1, 0.15) is 13.1 Å². The van der Waals surface area contributed by atoms with E-state index < -0.39 is 23.1 Å². The van der Waals surface area contributed by atoms with E-state index in [9.17, 15) is 19.8 Å². The third kappa shape index (κ3) is 6.49. The molecule has 4 aromatic rings. The summed E-state index contributed by atoms with van der Waals surface area (Å²) in [6.07, 6.45) is 4.79. The van der Waals surface area contributed by atoms with Crippen LogP contribution in [0.1, 0.15) is 51.6 Å². The number of fused-ring (bicyclic) bond motifs is 6. The fraction of sp³-hybridized carbons (Fsp3) is 0.514. The normalized spacial score (nSPS) is 29.0. The molecule has 0 radical (unpaired) electrons. The van der Waals surface area contributed by atoms with Gasteiger partial charge < -0.3 is 45.6 Å². The Morgan fingerprint density at radius 3 is 1.22 bits per heavy atom. The van der Waals surface area contributed by atoms with Gasteiger partial charge in [-0.15, -0.1) is 45.3 Å². The van der Waals surface area contributed by atoms with Crippen LogP contribution in [0.15, 0.2) is 70.1 Å². The first kappa shape index (κ1) is 36.4. The SMILES string of the molecule is O=C(O[C@H]1C[N+]2(CCC[N+]34CCC(CC3)[C@@H](OC(=O)C(O)(c3cccs3)c3cccs3)C4)CCC1CC2)C(O)(c1cccs1)c1cccs1.[Br-]. The van der Waals surface area contributed by atoms with Gasteiger partial charge in [-0.25, -0.2) is 9.59 Å². The quantitative estimate of drug-likeness (QED) is 0.169. The molecule has 50 heavy (non-hydrogen) atoms. The van der Waals surface area contributed by atoms with Crippen LogP contribution in [0, 0.1) is 11.8 Å². The van der Waals surface area contributed by atoms with E-state index in [0.717, 1.165) is 93.4 Å². The first-order valence-electron chi connectivity index (χ1n) is 17.5. The second kappa shape index (κ2) is 14.5. The largest absolute Gasteiger partial charge is 1.00 e. The molecule has 6 fully saturated rings. The van der Waals surface area contributed by atoms with E-state index in [2.05, 4.69) is 0 Å². The second-order valence-corrected chi connectivity index (χ2v) is 18.4. The average Bonchev–Trinajstić information content (AvgIpc) is 3.97. The Morgan fingerprint density at radius 1 is 0.620 bits per heavy atom. The number of quaternary nitrogens is 2. The number of aliphatic hydroxyl groups is 2. The summed E-state index contributed by atoms with van der Waals surface area (Å²) >= 11 is 5.51. The highest BCUT2D eigenvalue weighted by atomic mass is 79.9. The van der Waals surface area contributed by atoms with E-state index in [4.69, 9.17) is 9.47 Å². The molecule has 4 bridgehead atoms. The Balaban J connectivity index is 0.00000392. The fourth-order valence-corrected chi connectivity index (χ4v) is 12.5. The van der Waals surface area contributed by atoms with Crippen molar-refractivity contribution in [2.24, 2.45) is 11.8 Å². The maximum absolute atomic E-state index is 13.8. The molecular formula is C37H44BrN2O6S4+. The number of ether oxygens (including phenoxy) is 2. The van der Waals surface area contributed by atoms with E-state index >= 15 is 0 Å². The molecule has 13 heteroatoms. The van der Waals surface area contributed by atoms with Crippen molar-refractivity contribution < 1.29 is 55.2 Å². The van der Waals surface area contributed by atoms with Crippen LogP contribution in [0.2, 0.25) is 0 Å². The number of carbonyl (C=O) groups excluding carboxylic acids is 2. The Morgan fingerprint density at radius 2 is 0.940 bits per heavy atom. The summed E-state index contributed by atoms with van der Waals surface area (Å²) in [5.74, 6) is -0.454. The number of nitrogens with zero attached hydrogens (tertiary/aromatic N) is 2.